The molecule has 1 aromatic carbocycles. The summed E-state index contributed by atoms with van der Waals surface area (Å²) in [5.41, 5.74) is 6.57. The molecule has 0 unspecified atom stereocenters. The second-order valence-corrected chi connectivity index (χ2v) is 4.95. The molecular formula is C15H22N2O3. The Kier molecular flexibility index (Phi) is 5.24. The molecule has 0 atom stereocenters. The Balaban J connectivity index is 1.87. The minimum Gasteiger partial charge on any atom is -0.490 e. The van der Waals surface area contributed by atoms with Crippen LogP contribution in [-0.4, -0.2) is 25.7 Å². The van der Waals surface area contributed by atoms with Crippen molar-refractivity contribution in [3.8, 4) is 11.5 Å². The van der Waals surface area contributed by atoms with E-state index in [4.69, 9.17) is 15.2 Å². The van der Waals surface area contributed by atoms with Crippen LogP contribution in [0.15, 0.2) is 18.2 Å². The molecule has 0 spiro atoms. The van der Waals surface area contributed by atoms with Crippen LogP contribution in [-0.2, 0) is 11.3 Å². The molecular weight excluding hydrogens is 256 g/mol. The summed E-state index contributed by atoms with van der Waals surface area (Å²) in [6, 6.07) is 5.52. The lowest BCUT2D eigenvalue weighted by molar-refractivity contribution is -0.123. The average Bonchev–Trinajstić information content (AvgIpc) is 3.28. The summed E-state index contributed by atoms with van der Waals surface area (Å²) in [4.78, 5) is 11.6. The third kappa shape index (κ3) is 4.42. The number of hydrogen-bond donors (Lipinski definition) is 2. The highest BCUT2D eigenvalue weighted by Crippen LogP contribution is 2.29. The van der Waals surface area contributed by atoms with Crippen LogP contribution < -0.4 is 20.5 Å². The maximum Gasteiger partial charge on any atom is 0.257 e. The maximum absolute atomic E-state index is 11.6. The van der Waals surface area contributed by atoms with Gasteiger partial charge in [0.1, 0.15) is 0 Å². The van der Waals surface area contributed by atoms with Crippen LogP contribution in [0.3, 0.4) is 0 Å². The van der Waals surface area contributed by atoms with Gasteiger partial charge < -0.3 is 20.5 Å². The van der Waals surface area contributed by atoms with E-state index in [1.54, 1.807) is 6.07 Å². The van der Waals surface area contributed by atoms with Crippen molar-refractivity contribution in [1.82, 2.24) is 5.32 Å². The zero-order chi connectivity index (χ0) is 14.4. The number of ether oxygens (including phenoxy) is 2. The van der Waals surface area contributed by atoms with E-state index in [2.05, 4.69) is 5.32 Å². The third-order valence-electron chi connectivity index (χ3n) is 3.19. The number of nitrogens with two attached hydrogens (primary N) is 1. The SMILES string of the molecule is CCOc1cc(CN)ccc1OCC(=O)NCC1CC1. The van der Waals surface area contributed by atoms with Gasteiger partial charge in [0.2, 0.25) is 0 Å². The van der Waals surface area contributed by atoms with Crippen molar-refractivity contribution in [2.45, 2.75) is 26.3 Å². The van der Waals surface area contributed by atoms with Gasteiger partial charge in [0, 0.05) is 13.1 Å². The molecule has 3 N–H and O–H groups in total. The zero-order valence-corrected chi connectivity index (χ0v) is 11.9. The van der Waals surface area contributed by atoms with Crippen LogP contribution >= 0.6 is 0 Å². The van der Waals surface area contributed by atoms with Crippen LogP contribution in [0.1, 0.15) is 25.3 Å². The van der Waals surface area contributed by atoms with Gasteiger partial charge in [0.25, 0.3) is 5.91 Å². The Labute approximate surface area is 119 Å². The molecule has 0 heterocycles. The number of rotatable bonds is 8. The van der Waals surface area contributed by atoms with Crippen LogP contribution in [0.25, 0.3) is 0 Å². The molecule has 20 heavy (non-hydrogen) atoms. The van der Waals surface area contributed by atoms with Crippen LogP contribution in [0.5, 0.6) is 11.5 Å². The predicted octanol–water partition coefficient (Wildman–Crippen LogP) is 1.45. The van der Waals surface area contributed by atoms with E-state index in [0.717, 1.165) is 12.1 Å². The Bertz CT molecular complexity index is 458. The molecule has 2 rings (SSSR count). The lowest BCUT2D eigenvalue weighted by atomic mass is 10.2. The molecule has 0 bridgehead atoms. The molecule has 110 valence electrons. The van der Waals surface area contributed by atoms with Crippen LogP contribution in [0, 0.1) is 5.92 Å². The zero-order valence-electron chi connectivity index (χ0n) is 11.9. The molecule has 1 amide bonds. The molecule has 5 nitrogen and oxygen atoms in total. The summed E-state index contributed by atoms with van der Waals surface area (Å²) in [7, 11) is 0. The Morgan fingerprint density at radius 2 is 2.15 bits per heavy atom. The molecule has 1 aliphatic rings. The fraction of sp³-hybridized carbons (Fsp3) is 0.533. The molecule has 1 aliphatic carbocycles. The lowest BCUT2D eigenvalue weighted by Crippen LogP contribution is -2.30. The minimum atomic E-state index is -0.0951. The van der Waals surface area contributed by atoms with Crippen LogP contribution in [0.2, 0.25) is 0 Å². The number of carbonyl (C=O) groups is 1. The van der Waals surface area contributed by atoms with E-state index in [0.29, 0.717) is 30.6 Å². The number of hydrogen-bond acceptors (Lipinski definition) is 4. The van der Waals surface area contributed by atoms with Gasteiger partial charge in [0.05, 0.1) is 6.61 Å². The maximum atomic E-state index is 11.6. The van der Waals surface area contributed by atoms with Gasteiger partial charge in [-0.3, -0.25) is 4.79 Å². The Hall–Kier alpha value is -1.75. The van der Waals surface area contributed by atoms with Crippen LogP contribution in [0.4, 0.5) is 0 Å². The summed E-state index contributed by atoms with van der Waals surface area (Å²) in [6.07, 6.45) is 2.44. The quantitative estimate of drug-likeness (QED) is 0.755. The van der Waals surface area contributed by atoms with E-state index < -0.39 is 0 Å². The normalized spacial score (nSPS) is 13.9. The third-order valence-corrected chi connectivity index (χ3v) is 3.19. The molecule has 1 fully saturated rings. The van der Waals surface area contributed by atoms with Crippen molar-refractivity contribution >= 4 is 5.91 Å². The van der Waals surface area contributed by atoms with Crippen molar-refractivity contribution in [1.29, 1.82) is 0 Å². The second kappa shape index (κ2) is 7.14. The topological polar surface area (TPSA) is 73.6 Å². The van der Waals surface area contributed by atoms with Crippen molar-refractivity contribution in [3.05, 3.63) is 23.8 Å². The largest absolute Gasteiger partial charge is 0.490 e. The van der Waals surface area contributed by atoms with Gasteiger partial charge >= 0.3 is 0 Å². The first kappa shape index (κ1) is 14.7. The molecule has 0 aromatic heterocycles. The Morgan fingerprint density at radius 1 is 1.35 bits per heavy atom. The summed E-state index contributed by atoms with van der Waals surface area (Å²) in [5.74, 6) is 1.78. The van der Waals surface area contributed by atoms with E-state index in [1.165, 1.54) is 12.8 Å². The number of benzene rings is 1. The fourth-order valence-corrected chi connectivity index (χ4v) is 1.84. The summed E-state index contributed by atoms with van der Waals surface area (Å²) < 4.78 is 11.0. The van der Waals surface area contributed by atoms with Gasteiger partial charge in [-0.05, 0) is 43.4 Å². The molecule has 1 saturated carbocycles. The number of amides is 1. The van der Waals surface area contributed by atoms with Crippen molar-refractivity contribution in [3.63, 3.8) is 0 Å². The first-order valence-electron chi connectivity index (χ1n) is 7.08. The molecule has 0 aliphatic heterocycles. The second-order valence-electron chi connectivity index (χ2n) is 4.95. The van der Waals surface area contributed by atoms with E-state index in [1.807, 2.05) is 19.1 Å². The van der Waals surface area contributed by atoms with Gasteiger partial charge in [-0.25, -0.2) is 0 Å². The van der Waals surface area contributed by atoms with Gasteiger partial charge in [0.15, 0.2) is 18.1 Å². The fourth-order valence-electron chi connectivity index (χ4n) is 1.84. The molecule has 0 saturated heterocycles. The summed E-state index contributed by atoms with van der Waals surface area (Å²) >= 11 is 0. The Morgan fingerprint density at radius 3 is 2.80 bits per heavy atom. The highest BCUT2D eigenvalue weighted by atomic mass is 16.5. The smallest absolute Gasteiger partial charge is 0.257 e. The monoisotopic (exact) mass is 278 g/mol. The van der Waals surface area contributed by atoms with E-state index in [9.17, 15) is 4.79 Å². The predicted molar refractivity (Wildman–Crippen MR) is 76.7 cm³/mol. The van der Waals surface area contributed by atoms with Crippen molar-refractivity contribution < 1.29 is 14.3 Å². The molecule has 5 heteroatoms. The summed E-state index contributed by atoms with van der Waals surface area (Å²) in [6.45, 7) is 3.66. The standard InChI is InChI=1S/C15H22N2O3/c1-2-19-14-7-12(8-16)5-6-13(14)20-10-15(18)17-9-11-3-4-11/h5-7,11H,2-4,8-10,16H2,1H3,(H,17,18). The number of carbonyl (C=O) groups excluding carboxylic acids is 1. The first-order valence-corrected chi connectivity index (χ1v) is 7.08. The minimum absolute atomic E-state index is 0.00870. The van der Waals surface area contributed by atoms with Crippen molar-refractivity contribution in [2.24, 2.45) is 11.7 Å². The highest BCUT2D eigenvalue weighted by Gasteiger charge is 2.21. The van der Waals surface area contributed by atoms with E-state index in [-0.39, 0.29) is 12.5 Å². The molecule has 1 aromatic rings. The highest BCUT2D eigenvalue weighted by molar-refractivity contribution is 5.77. The number of nitrogens with one attached hydrogen (secondary N) is 1. The van der Waals surface area contributed by atoms with Gasteiger partial charge in [-0.1, -0.05) is 6.07 Å². The van der Waals surface area contributed by atoms with Crippen molar-refractivity contribution in [2.75, 3.05) is 19.8 Å². The summed E-state index contributed by atoms with van der Waals surface area (Å²) in [5, 5.41) is 2.86. The van der Waals surface area contributed by atoms with E-state index >= 15 is 0 Å². The average molecular weight is 278 g/mol. The van der Waals surface area contributed by atoms with Gasteiger partial charge in [-0.15, -0.1) is 0 Å². The molecule has 0 radical (unpaired) electrons. The first-order chi connectivity index (χ1) is 9.72. The van der Waals surface area contributed by atoms with Gasteiger partial charge in [-0.2, -0.15) is 0 Å². The lowest BCUT2D eigenvalue weighted by Gasteiger charge is -2.13.